The fourth-order valence-electron chi connectivity index (χ4n) is 1.52. The fourth-order valence-corrected chi connectivity index (χ4v) is 4.30. The van der Waals surface area contributed by atoms with Gasteiger partial charge in [-0.15, -0.1) is 0 Å². The lowest BCUT2D eigenvalue weighted by molar-refractivity contribution is 0.267. The van der Waals surface area contributed by atoms with Gasteiger partial charge in [0.05, 0.1) is 26.7 Å². The third kappa shape index (κ3) is 3.29. The highest BCUT2D eigenvalue weighted by molar-refractivity contribution is 7.85. The summed E-state index contributed by atoms with van der Waals surface area (Å²) in [7, 11) is -4.88. The summed E-state index contributed by atoms with van der Waals surface area (Å²) < 4.78 is 32.0. The monoisotopic (exact) mass is 266 g/mol. The molecule has 16 heavy (non-hydrogen) atoms. The van der Waals surface area contributed by atoms with Crippen molar-refractivity contribution in [3.05, 3.63) is 0 Å². The smallest absolute Gasteiger partial charge is 0.264 e. The Morgan fingerprint density at radius 3 is 2.19 bits per heavy atom. The van der Waals surface area contributed by atoms with Crippen molar-refractivity contribution < 1.29 is 17.3 Å². The molecule has 0 saturated carbocycles. The van der Waals surface area contributed by atoms with Gasteiger partial charge < -0.3 is 4.74 Å². The molecule has 0 aliphatic carbocycles. The summed E-state index contributed by atoms with van der Waals surface area (Å²) in [6.45, 7) is 11.4. The summed E-state index contributed by atoms with van der Waals surface area (Å²) in [6.07, 6.45) is 1.03. The molecule has 0 aromatic carbocycles. The molecule has 1 saturated heterocycles. The van der Waals surface area contributed by atoms with Crippen LogP contribution in [0.4, 0.5) is 0 Å². The van der Waals surface area contributed by atoms with Crippen molar-refractivity contribution in [1.82, 2.24) is 0 Å². The maximum absolute atomic E-state index is 10.9. The van der Waals surface area contributed by atoms with E-state index in [0.717, 1.165) is 6.26 Å². The first-order valence-corrected chi connectivity index (χ1v) is 10.3. The number of rotatable bonds is 4. The van der Waals surface area contributed by atoms with Gasteiger partial charge >= 0.3 is 0 Å². The van der Waals surface area contributed by atoms with Crippen molar-refractivity contribution in [2.24, 2.45) is 0 Å². The minimum absolute atomic E-state index is 0.0318. The first-order valence-electron chi connectivity index (χ1n) is 5.45. The van der Waals surface area contributed by atoms with E-state index in [0.29, 0.717) is 0 Å². The zero-order valence-corrected chi connectivity index (χ0v) is 12.7. The molecule has 0 aromatic rings. The Hall–Kier alpha value is 0.0869. The van der Waals surface area contributed by atoms with Gasteiger partial charge in [0.2, 0.25) is 0 Å². The molecule has 0 spiro atoms. The van der Waals surface area contributed by atoms with Gasteiger partial charge in [0.15, 0.2) is 0 Å². The minimum Gasteiger partial charge on any atom is -0.371 e. The van der Waals surface area contributed by atoms with E-state index in [1.54, 1.807) is 0 Å². The van der Waals surface area contributed by atoms with Crippen LogP contribution in [0.15, 0.2) is 0 Å². The molecule has 1 aliphatic rings. The van der Waals surface area contributed by atoms with Crippen LogP contribution in [0.1, 0.15) is 20.8 Å². The zero-order chi connectivity index (χ0) is 12.8. The van der Waals surface area contributed by atoms with Crippen LogP contribution in [-0.2, 0) is 19.0 Å². The zero-order valence-electron chi connectivity index (χ0n) is 10.9. The fraction of sp³-hybridized carbons (Fsp3) is 1.00. The highest BCUT2D eigenvalue weighted by atomic mass is 32.2. The maximum Gasteiger partial charge on any atom is 0.264 e. The Balaban J connectivity index is 2.51. The third-order valence-corrected chi connectivity index (χ3v) is 10.0. The van der Waals surface area contributed by atoms with E-state index in [2.05, 4.69) is 33.9 Å². The lowest BCUT2D eigenvalue weighted by atomic mass is 10.2. The Morgan fingerprint density at radius 1 is 1.31 bits per heavy atom. The molecule has 0 bridgehead atoms. The van der Waals surface area contributed by atoms with E-state index >= 15 is 0 Å². The molecular formula is C10H22O4SSi. The van der Waals surface area contributed by atoms with Gasteiger partial charge in [-0.2, -0.15) is 8.42 Å². The highest BCUT2D eigenvalue weighted by Crippen LogP contribution is 2.46. The van der Waals surface area contributed by atoms with Crippen LogP contribution in [0.2, 0.25) is 18.1 Å². The summed E-state index contributed by atoms with van der Waals surface area (Å²) in [6, 6.07) is 0. The van der Waals surface area contributed by atoms with Crippen molar-refractivity contribution in [3.63, 3.8) is 0 Å². The summed E-state index contributed by atoms with van der Waals surface area (Å²) in [5, 5.41) is 0.248. The topological polar surface area (TPSA) is 55.9 Å². The van der Waals surface area contributed by atoms with Crippen LogP contribution >= 0.6 is 0 Å². The van der Waals surface area contributed by atoms with Crippen LogP contribution in [0.3, 0.4) is 0 Å². The molecule has 0 aromatic heterocycles. The second-order valence-electron chi connectivity index (χ2n) is 6.06. The van der Waals surface area contributed by atoms with Crippen LogP contribution in [-0.4, -0.2) is 41.2 Å². The summed E-state index contributed by atoms with van der Waals surface area (Å²) in [4.78, 5) is 0. The highest BCUT2D eigenvalue weighted by Gasteiger charge is 2.56. The van der Waals surface area contributed by atoms with E-state index in [4.69, 9.17) is 8.92 Å². The number of epoxide rings is 1. The molecule has 0 unspecified atom stereocenters. The van der Waals surface area contributed by atoms with E-state index in [1.807, 2.05) is 0 Å². The molecule has 1 heterocycles. The van der Waals surface area contributed by atoms with E-state index in [1.165, 1.54) is 0 Å². The predicted octanol–water partition coefficient (Wildman–Crippen LogP) is 1.78. The largest absolute Gasteiger partial charge is 0.371 e. The van der Waals surface area contributed by atoms with E-state index < -0.39 is 18.2 Å². The number of hydrogen-bond acceptors (Lipinski definition) is 4. The first-order chi connectivity index (χ1) is 6.95. The Bertz CT molecular complexity index is 356. The SMILES string of the molecule is CC(C)(C)[Si](C)(C)[C@@H]1O[C@H]1COS(C)(=O)=O. The second-order valence-corrected chi connectivity index (χ2v) is 13.2. The molecule has 0 N–H and O–H groups in total. The third-order valence-electron chi connectivity index (χ3n) is 3.67. The molecule has 0 radical (unpaired) electrons. The van der Waals surface area contributed by atoms with Crippen LogP contribution < -0.4 is 0 Å². The van der Waals surface area contributed by atoms with Crippen molar-refractivity contribution in [2.75, 3.05) is 12.9 Å². The number of ether oxygens (including phenoxy) is 1. The van der Waals surface area contributed by atoms with Crippen molar-refractivity contribution in [2.45, 2.75) is 50.7 Å². The Kier molecular flexibility index (Phi) is 3.61. The summed E-state index contributed by atoms with van der Waals surface area (Å²) in [5.41, 5.74) is 0.217. The lowest BCUT2D eigenvalue weighted by Gasteiger charge is -2.35. The average molecular weight is 266 g/mol. The molecule has 4 nitrogen and oxygen atoms in total. The van der Waals surface area contributed by atoms with Gasteiger partial charge in [-0.3, -0.25) is 4.18 Å². The molecule has 2 atom stereocenters. The summed E-state index contributed by atoms with van der Waals surface area (Å²) >= 11 is 0. The van der Waals surface area contributed by atoms with Crippen molar-refractivity contribution >= 4 is 18.2 Å². The van der Waals surface area contributed by atoms with Gasteiger partial charge in [-0.1, -0.05) is 33.9 Å². The first kappa shape index (κ1) is 14.1. The van der Waals surface area contributed by atoms with Gasteiger partial charge in [-0.25, -0.2) is 0 Å². The van der Waals surface area contributed by atoms with Gasteiger partial charge in [0.1, 0.15) is 6.10 Å². The van der Waals surface area contributed by atoms with Gasteiger partial charge in [-0.05, 0) is 5.04 Å². The lowest BCUT2D eigenvalue weighted by Crippen LogP contribution is -2.44. The predicted molar refractivity (Wildman–Crippen MR) is 66.7 cm³/mol. The quantitative estimate of drug-likeness (QED) is 0.442. The van der Waals surface area contributed by atoms with E-state index in [-0.39, 0.29) is 23.5 Å². The molecular weight excluding hydrogens is 244 g/mol. The van der Waals surface area contributed by atoms with Gasteiger partial charge in [0, 0.05) is 0 Å². The molecule has 1 aliphatic heterocycles. The molecule has 1 fully saturated rings. The minimum atomic E-state index is -3.35. The Labute approximate surface area is 99.5 Å². The molecule has 0 amide bonds. The van der Waals surface area contributed by atoms with Gasteiger partial charge in [0.25, 0.3) is 10.1 Å². The van der Waals surface area contributed by atoms with Crippen LogP contribution in [0, 0.1) is 0 Å². The molecule has 96 valence electrons. The van der Waals surface area contributed by atoms with E-state index in [9.17, 15) is 8.42 Å². The maximum atomic E-state index is 10.9. The standard InChI is InChI=1S/C10H22O4SSi/c1-10(2,3)16(5,6)9-8(14-9)7-13-15(4,11)12/h8-9H,7H2,1-6H3/t8-,9-/m0/s1. The molecule has 6 heteroatoms. The van der Waals surface area contributed by atoms with Crippen LogP contribution in [0.25, 0.3) is 0 Å². The average Bonchev–Trinajstić information content (AvgIpc) is 2.75. The van der Waals surface area contributed by atoms with Crippen molar-refractivity contribution in [1.29, 1.82) is 0 Å². The normalized spacial score (nSPS) is 26.9. The number of hydrogen-bond donors (Lipinski definition) is 0. The molecule has 1 rings (SSSR count). The second kappa shape index (κ2) is 4.08. The summed E-state index contributed by atoms with van der Waals surface area (Å²) in [5.74, 6) is 0. The van der Waals surface area contributed by atoms with Crippen LogP contribution in [0.5, 0.6) is 0 Å². The van der Waals surface area contributed by atoms with Crippen molar-refractivity contribution in [3.8, 4) is 0 Å². The Morgan fingerprint density at radius 2 is 1.81 bits per heavy atom.